The molecule has 0 radical (unpaired) electrons. The first-order valence-electron chi connectivity index (χ1n) is 16.8. The zero-order chi connectivity index (χ0) is 33.0. The van der Waals surface area contributed by atoms with Crippen LogP contribution in [-0.2, 0) is 32.2 Å². The molecule has 10 heteroatoms. The van der Waals surface area contributed by atoms with Crippen molar-refractivity contribution >= 4 is 23.2 Å². The molecular weight excluding hydrogens is 596 g/mol. The molecule has 6 N–H and O–H groups in total. The third kappa shape index (κ3) is 10.1. The van der Waals surface area contributed by atoms with E-state index in [0.29, 0.717) is 50.0 Å². The Morgan fingerprint density at radius 3 is 2.28 bits per heavy atom. The van der Waals surface area contributed by atoms with Gasteiger partial charge in [0.15, 0.2) is 6.29 Å². The zero-order valence-corrected chi connectivity index (χ0v) is 27.0. The Balaban J connectivity index is 1.08. The Morgan fingerprint density at radius 1 is 0.851 bits per heavy atom. The fourth-order valence-corrected chi connectivity index (χ4v) is 6.29. The maximum absolute atomic E-state index is 12.5. The van der Waals surface area contributed by atoms with Crippen LogP contribution in [0.2, 0.25) is 0 Å². The number of para-hydroxylation sites is 2. The summed E-state index contributed by atoms with van der Waals surface area (Å²) in [6.07, 6.45) is 4.97. The average molecular weight is 645 g/mol. The van der Waals surface area contributed by atoms with Crippen LogP contribution in [0.5, 0.6) is 0 Å². The smallest absolute Gasteiger partial charge is 0.224 e. The van der Waals surface area contributed by atoms with Gasteiger partial charge in [0, 0.05) is 44.0 Å². The van der Waals surface area contributed by atoms with E-state index in [9.17, 15) is 19.8 Å². The standard InChI is InChI=1S/C37H48N4O6/c38-32-8-4-5-9-33(32)40-36(45)11-3-1-2-10-35(44)39-22-26-12-18-29(19-13-26)37-46-31(23-41-20-6-7-30(41)25-43)21-34(47-37)28-16-14-27(24-42)15-17-28/h4-5,8-9,12-19,30-31,34,37,42-43H,1-3,6-7,10-11,20-25,38H2,(H,39,44)(H,40,45). The van der Waals surface area contributed by atoms with Crippen molar-refractivity contribution in [3.8, 4) is 0 Å². The minimum absolute atomic E-state index is 0.00329. The number of aliphatic hydroxyl groups is 2. The SMILES string of the molecule is Nc1ccccc1NC(=O)CCCCCC(=O)NCc1ccc(C2OC(CN3CCCC3CO)CC(c3ccc(CO)cc3)O2)cc1. The van der Waals surface area contributed by atoms with Gasteiger partial charge in [0.1, 0.15) is 0 Å². The number of nitrogens with zero attached hydrogens (tertiary/aromatic N) is 1. The average Bonchev–Trinajstić information content (AvgIpc) is 3.55. The normalized spacial score (nSPS) is 21.4. The molecule has 3 aromatic rings. The van der Waals surface area contributed by atoms with Gasteiger partial charge in [-0.2, -0.15) is 0 Å². The maximum atomic E-state index is 12.5. The number of hydrogen-bond acceptors (Lipinski definition) is 8. The highest BCUT2D eigenvalue weighted by molar-refractivity contribution is 5.93. The van der Waals surface area contributed by atoms with Crippen molar-refractivity contribution in [2.75, 3.05) is 30.7 Å². The third-order valence-electron chi connectivity index (χ3n) is 9.05. The third-order valence-corrected chi connectivity index (χ3v) is 9.05. The lowest BCUT2D eigenvalue weighted by atomic mass is 9.99. The molecule has 4 atom stereocenters. The van der Waals surface area contributed by atoms with Crippen LogP contribution in [-0.4, -0.2) is 58.8 Å². The molecule has 10 nitrogen and oxygen atoms in total. The van der Waals surface area contributed by atoms with E-state index in [1.165, 1.54) is 0 Å². The van der Waals surface area contributed by atoms with Crippen LogP contribution in [0, 0.1) is 0 Å². The molecule has 2 heterocycles. The highest BCUT2D eigenvalue weighted by atomic mass is 16.7. The van der Waals surface area contributed by atoms with E-state index in [4.69, 9.17) is 15.2 Å². The number of likely N-dealkylation sites (tertiary alicyclic amines) is 1. The van der Waals surface area contributed by atoms with E-state index in [1.807, 2.05) is 60.7 Å². The number of unbranched alkanes of at least 4 members (excludes halogenated alkanes) is 2. The lowest BCUT2D eigenvalue weighted by Crippen LogP contribution is -2.42. The lowest BCUT2D eigenvalue weighted by Gasteiger charge is -2.38. The van der Waals surface area contributed by atoms with E-state index in [2.05, 4.69) is 15.5 Å². The second kappa shape index (κ2) is 17.4. The number of ether oxygens (including phenoxy) is 2. The minimum atomic E-state index is -0.553. The summed E-state index contributed by atoms with van der Waals surface area (Å²) in [5.41, 5.74) is 10.8. The summed E-state index contributed by atoms with van der Waals surface area (Å²) in [6.45, 7) is 2.26. The number of nitrogens with two attached hydrogens (primary N) is 1. The fraction of sp³-hybridized carbons (Fsp3) is 0.459. The molecule has 252 valence electrons. The lowest BCUT2D eigenvalue weighted by molar-refractivity contribution is -0.253. The van der Waals surface area contributed by atoms with Crippen LogP contribution >= 0.6 is 0 Å². The molecule has 0 aromatic heterocycles. The van der Waals surface area contributed by atoms with Crippen LogP contribution in [0.1, 0.15) is 86.0 Å². The molecule has 2 aliphatic heterocycles. The van der Waals surface area contributed by atoms with Gasteiger partial charge in [-0.25, -0.2) is 0 Å². The van der Waals surface area contributed by atoms with Crippen LogP contribution in [0.4, 0.5) is 11.4 Å². The number of benzene rings is 3. The van der Waals surface area contributed by atoms with Crippen LogP contribution in [0.15, 0.2) is 72.8 Å². The summed E-state index contributed by atoms with van der Waals surface area (Å²) in [5.74, 6) is -0.0972. The van der Waals surface area contributed by atoms with Gasteiger partial charge in [-0.3, -0.25) is 14.5 Å². The molecule has 2 aliphatic rings. The van der Waals surface area contributed by atoms with E-state index in [-0.39, 0.29) is 43.3 Å². The first-order valence-corrected chi connectivity index (χ1v) is 16.8. The number of nitrogens with one attached hydrogen (secondary N) is 2. The number of rotatable bonds is 15. The quantitative estimate of drug-likeness (QED) is 0.115. The summed E-state index contributed by atoms with van der Waals surface area (Å²) in [6, 6.07) is 23.1. The number of hydrogen-bond donors (Lipinski definition) is 5. The second-order valence-corrected chi connectivity index (χ2v) is 12.5. The van der Waals surface area contributed by atoms with Crippen molar-refractivity contribution in [1.82, 2.24) is 10.2 Å². The van der Waals surface area contributed by atoms with Crippen molar-refractivity contribution in [1.29, 1.82) is 0 Å². The molecule has 5 rings (SSSR count). The van der Waals surface area contributed by atoms with E-state index < -0.39 is 6.29 Å². The van der Waals surface area contributed by atoms with Crippen molar-refractivity contribution in [2.45, 2.75) is 89.1 Å². The molecule has 0 bridgehead atoms. The number of carbonyl (C=O) groups excluding carboxylic acids is 2. The molecule has 2 fully saturated rings. The van der Waals surface area contributed by atoms with Crippen LogP contribution in [0.3, 0.4) is 0 Å². The molecule has 2 amide bonds. The highest BCUT2D eigenvalue weighted by Gasteiger charge is 2.35. The first-order chi connectivity index (χ1) is 22.9. The number of anilines is 2. The van der Waals surface area contributed by atoms with Crippen LogP contribution < -0.4 is 16.4 Å². The predicted octanol–water partition coefficient (Wildman–Crippen LogP) is 4.97. The zero-order valence-electron chi connectivity index (χ0n) is 27.0. The van der Waals surface area contributed by atoms with Crippen molar-refractivity contribution in [3.05, 3.63) is 95.1 Å². The fourth-order valence-electron chi connectivity index (χ4n) is 6.29. The molecule has 4 unspecified atom stereocenters. The van der Waals surface area contributed by atoms with Gasteiger partial charge in [0.25, 0.3) is 0 Å². The van der Waals surface area contributed by atoms with Gasteiger partial charge in [-0.1, -0.05) is 67.1 Å². The van der Waals surface area contributed by atoms with Gasteiger partial charge in [0.05, 0.1) is 36.8 Å². The van der Waals surface area contributed by atoms with Gasteiger partial charge in [-0.15, -0.1) is 0 Å². The van der Waals surface area contributed by atoms with Crippen molar-refractivity contribution in [2.24, 2.45) is 0 Å². The minimum Gasteiger partial charge on any atom is -0.397 e. The number of nitrogen functional groups attached to an aromatic ring is 1. The van der Waals surface area contributed by atoms with Crippen LogP contribution in [0.25, 0.3) is 0 Å². The van der Waals surface area contributed by atoms with E-state index >= 15 is 0 Å². The summed E-state index contributed by atoms with van der Waals surface area (Å²) in [5, 5.41) is 25.1. The van der Waals surface area contributed by atoms with Gasteiger partial charge in [-0.05, 0) is 61.1 Å². The maximum Gasteiger partial charge on any atom is 0.224 e. The van der Waals surface area contributed by atoms with E-state index in [0.717, 1.165) is 54.6 Å². The van der Waals surface area contributed by atoms with E-state index in [1.54, 1.807) is 12.1 Å². The topological polar surface area (TPSA) is 146 Å². The van der Waals surface area contributed by atoms with Crippen molar-refractivity contribution < 1.29 is 29.3 Å². The van der Waals surface area contributed by atoms with Gasteiger partial charge in [0.2, 0.25) is 11.8 Å². The second-order valence-electron chi connectivity index (χ2n) is 12.5. The number of aliphatic hydroxyl groups excluding tert-OH is 2. The molecular formula is C37H48N4O6. The van der Waals surface area contributed by atoms with Crippen molar-refractivity contribution in [3.63, 3.8) is 0 Å². The highest BCUT2D eigenvalue weighted by Crippen LogP contribution is 2.38. The van der Waals surface area contributed by atoms with Gasteiger partial charge < -0.3 is 36.1 Å². The Labute approximate surface area is 277 Å². The monoisotopic (exact) mass is 644 g/mol. The first kappa shape index (κ1) is 34.5. The molecule has 47 heavy (non-hydrogen) atoms. The largest absolute Gasteiger partial charge is 0.397 e. The Hall–Kier alpha value is -3.80. The predicted molar refractivity (Wildman–Crippen MR) is 181 cm³/mol. The number of carbonyl (C=O) groups is 2. The summed E-state index contributed by atoms with van der Waals surface area (Å²) in [7, 11) is 0. The number of amides is 2. The summed E-state index contributed by atoms with van der Waals surface area (Å²) >= 11 is 0. The Bertz CT molecular complexity index is 1430. The summed E-state index contributed by atoms with van der Waals surface area (Å²) < 4.78 is 13.0. The molecule has 2 saturated heterocycles. The molecule has 3 aromatic carbocycles. The Morgan fingerprint density at radius 2 is 1.55 bits per heavy atom. The molecule has 0 saturated carbocycles. The molecule has 0 spiro atoms. The summed E-state index contributed by atoms with van der Waals surface area (Å²) in [4.78, 5) is 27.0. The van der Waals surface area contributed by atoms with Gasteiger partial charge >= 0.3 is 0 Å². The molecule has 0 aliphatic carbocycles. The Kier molecular flexibility index (Phi) is 12.8.